The lowest BCUT2D eigenvalue weighted by atomic mass is 10.1. The molecule has 1 saturated heterocycles. The number of aromatic nitrogens is 2. The Morgan fingerprint density at radius 1 is 1.07 bits per heavy atom. The first-order chi connectivity index (χ1) is 13.5. The smallest absolute Gasteiger partial charge is 0.261 e. The molecule has 0 bridgehead atoms. The summed E-state index contributed by atoms with van der Waals surface area (Å²) in [6, 6.07) is 12.1. The highest BCUT2D eigenvalue weighted by Gasteiger charge is 2.23. The van der Waals surface area contributed by atoms with Gasteiger partial charge in [-0.3, -0.25) is 14.2 Å². The van der Waals surface area contributed by atoms with E-state index in [-0.39, 0.29) is 23.8 Å². The van der Waals surface area contributed by atoms with Gasteiger partial charge in [0.2, 0.25) is 5.91 Å². The van der Waals surface area contributed by atoms with Crippen LogP contribution in [-0.2, 0) is 11.3 Å². The van der Waals surface area contributed by atoms with Crippen LogP contribution in [-0.4, -0.2) is 46.5 Å². The summed E-state index contributed by atoms with van der Waals surface area (Å²) < 4.78 is 15.3. The van der Waals surface area contributed by atoms with Crippen molar-refractivity contribution in [2.45, 2.75) is 13.5 Å². The van der Waals surface area contributed by atoms with Crippen molar-refractivity contribution >= 4 is 22.5 Å². The second-order valence-electron chi connectivity index (χ2n) is 6.97. The lowest BCUT2D eigenvalue weighted by Crippen LogP contribution is -2.50. The van der Waals surface area contributed by atoms with E-state index in [9.17, 15) is 14.0 Å². The number of benzene rings is 2. The van der Waals surface area contributed by atoms with Gasteiger partial charge in [0, 0.05) is 26.2 Å². The number of hydrogen-bond acceptors (Lipinski definition) is 4. The van der Waals surface area contributed by atoms with Crippen molar-refractivity contribution in [3.63, 3.8) is 0 Å². The second-order valence-corrected chi connectivity index (χ2v) is 6.97. The molecule has 144 valence electrons. The van der Waals surface area contributed by atoms with Gasteiger partial charge in [0.05, 0.1) is 22.9 Å². The number of anilines is 1. The molecule has 0 spiro atoms. The zero-order valence-electron chi connectivity index (χ0n) is 15.6. The maximum atomic E-state index is 14.0. The van der Waals surface area contributed by atoms with Crippen molar-refractivity contribution in [3.05, 3.63) is 70.5 Å². The molecule has 1 fully saturated rings. The van der Waals surface area contributed by atoms with Gasteiger partial charge in [0.25, 0.3) is 5.56 Å². The molecule has 0 saturated carbocycles. The standard InChI is InChI=1S/C21H21FN4O2/c1-15-5-4-6-16-20(15)23-14-26(21(16)28)13-19(27)25-11-9-24(10-12-25)18-8-3-2-7-17(18)22/h2-8,14H,9-13H2,1H3. The van der Waals surface area contributed by atoms with Crippen LogP contribution in [0, 0.1) is 12.7 Å². The van der Waals surface area contributed by atoms with Crippen LogP contribution in [0.4, 0.5) is 10.1 Å². The fraction of sp³-hybridized carbons (Fsp3) is 0.286. The summed E-state index contributed by atoms with van der Waals surface area (Å²) in [7, 11) is 0. The predicted octanol–water partition coefficient (Wildman–Crippen LogP) is 2.19. The molecule has 1 aliphatic rings. The average Bonchev–Trinajstić information content (AvgIpc) is 2.71. The number of nitrogens with zero attached hydrogens (tertiary/aromatic N) is 4. The Balaban J connectivity index is 1.45. The highest BCUT2D eigenvalue weighted by molar-refractivity contribution is 5.81. The summed E-state index contributed by atoms with van der Waals surface area (Å²) in [6.07, 6.45) is 1.44. The van der Waals surface area contributed by atoms with E-state index < -0.39 is 0 Å². The lowest BCUT2D eigenvalue weighted by Gasteiger charge is -2.36. The zero-order valence-corrected chi connectivity index (χ0v) is 15.6. The Morgan fingerprint density at radius 3 is 2.57 bits per heavy atom. The predicted molar refractivity (Wildman–Crippen MR) is 106 cm³/mol. The van der Waals surface area contributed by atoms with Crippen molar-refractivity contribution in [2.75, 3.05) is 31.1 Å². The zero-order chi connectivity index (χ0) is 19.7. The quantitative estimate of drug-likeness (QED) is 0.699. The van der Waals surface area contributed by atoms with Gasteiger partial charge in [-0.1, -0.05) is 24.3 Å². The molecular weight excluding hydrogens is 359 g/mol. The van der Waals surface area contributed by atoms with Crippen molar-refractivity contribution in [3.8, 4) is 0 Å². The van der Waals surface area contributed by atoms with E-state index in [4.69, 9.17) is 0 Å². The van der Waals surface area contributed by atoms with Gasteiger partial charge >= 0.3 is 0 Å². The van der Waals surface area contributed by atoms with Gasteiger partial charge in [-0.05, 0) is 30.7 Å². The largest absolute Gasteiger partial charge is 0.366 e. The normalized spacial score (nSPS) is 14.5. The summed E-state index contributed by atoms with van der Waals surface area (Å²) in [5.41, 5.74) is 1.93. The van der Waals surface area contributed by atoms with Crippen molar-refractivity contribution in [1.82, 2.24) is 14.5 Å². The van der Waals surface area contributed by atoms with Crippen LogP contribution < -0.4 is 10.5 Å². The minimum Gasteiger partial charge on any atom is -0.366 e. The Morgan fingerprint density at radius 2 is 1.82 bits per heavy atom. The van der Waals surface area contributed by atoms with Gasteiger partial charge in [-0.2, -0.15) is 0 Å². The van der Waals surface area contributed by atoms with Crippen LogP contribution in [0.2, 0.25) is 0 Å². The third-order valence-corrected chi connectivity index (χ3v) is 5.19. The molecule has 1 aromatic heterocycles. The number of carbonyl (C=O) groups excluding carboxylic acids is 1. The highest BCUT2D eigenvalue weighted by Crippen LogP contribution is 2.20. The summed E-state index contributed by atoms with van der Waals surface area (Å²) in [4.78, 5) is 33.3. The topological polar surface area (TPSA) is 58.4 Å². The van der Waals surface area contributed by atoms with E-state index in [2.05, 4.69) is 4.98 Å². The summed E-state index contributed by atoms with van der Waals surface area (Å²) in [6.45, 7) is 3.94. The van der Waals surface area contributed by atoms with E-state index in [1.165, 1.54) is 17.0 Å². The maximum Gasteiger partial charge on any atom is 0.261 e. The molecule has 1 aliphatic heterocycles. The molecule has 2 aromatic carbocycles. The number of amides is 1. The summed E-state index contributed by atoms with van der Waals surface area (Å²) in [5, 5.41) is 0.514. The Hall–Kier alpha value is -3.22. The second kappa shape index (κ2) is 7.42. The summed E-state index contributed by atoms with van der Waals surface area (Å²) in [5.74, 6) is -0.393. The van der Waals surface area contributed by atoms with Gasteiger partial charge in [-0.25, -0.2) is 9.37 Å². The molecule has 0 unspecified atom stereocenters. The van der Waals surface area contributed by atoms with Crippen LogP contribution in [0.15, 0.2) is 53.6 Å². The number of hydrogen-bond donors (Lipinski definition) is 0. The number of aryl methyl sites for hydroxylation is 1. The van der Waals surface area contributed by atoms with Crippen molar-refractivity contribution < 1.29 is 9.18 Å². The average molecular weight is 380 g/mol. The summed E-state index contributed by atoms with van der Waals surface area (Å²) >= 11 is 0. The van der Waals surface area contributed by atoms with E-state index in [0.717, 1.165) is 5.56 Å². The number of para-hydroxylation sites is 2. The molecule has 2 heterocycles. The number of piperazine rings is 1. The minimum atomic E-state index is -0.258. The SMILES string of the molecule is Cc1cccc2c(=O)n(CC(=O)N3CCN(c4ccccc4F)CC3)cnc12. The molecular formula is C21H21FN4O2. The molecule has 6 nitrogen and oxygen atoms in total. The minimum absolute atomic E-state index is 0.0462. The third-order valence-electron chi connectivity index (χ3n) is 5.19. The molecule has 3 aromatic rings. The molecule has 0 radical (unpaired) electrons. The van der Waals surface area contributed by atoms with Crippen LogP contribution in [0.25, 0.3) is 10.9 Å². The Bertz CT molecular complexity index is 1090. The van der Waals surface area contributed by atoms with Gasteiger partial charge in [0.15, 0.2) is 0 Å². The van der Waals surface area contributed by atoms with Gasteiger partial charge in [-0.15, -0.1) is 0 Å². The monoisotopic (exact) mass is 380 g/mol. The Kier molecular flexibility index (Phi) is 4.81. The Labute approximate surface area is 161 Å². The van der Waals surface area contributed by atoms with Gasteiger partial charge in [0.1, 0.15) is 12.4 Å². The number of fused-ring (bicyclic) bond motifs is 1. The first-order valence-electron chi connectivity index (χ1n) is 9.26. The number of carbonyl (C=O) groups is 1. The van der Waals surface area contributed by atoms with Crippen LogP contribution in [0.3, 0.4) is 0 Å². The number of halogens is 1. The fourth-order valence-electron chi connectivity index (χ4n) is 3.60. The van der Waals surface area contributed by atoms with Crippen LogP contribution in [0.5, 0.6) is 0 Å². The first kappa shape index (κ1) is 18.2. The van der Waals surface area contributed by atoms with Gasteiger partial charge < -0.3 is 9.80 Å². The molecule has 0 N–H and O–H groups in total. The van der Waals surface area contributed by atoms with Crippen molar-refractivity contribution in [1.29, 1.82) is 0 Å². The number of rotatable bonds is 3. The molecule has 7 heteroatoms. The maximum absolute atomic E-state index is 14.0. The van der Waals surface area contributed by atoms with E-state index >= 15 is 0 Å². The highest BCUT2D eigenvalue weighted by atomic mass is 19.1. The van der Waals surface area contributed by atoms with E-state index in [0.29, 0.717) is 42.8 Å². The van der Waals surface area contributed by atoms with Crippen LogP contribution in [0.1, 0.15) is 5.56 Å². The molecule has 4 rings (SSSR count). The molecule has 1 amide bonds. The van der Waals surface area contributed by atoms with Crippen molar-refractivity contribution in [2.24, 2.45) is 0 Å². The van der Waals surface area contributed by atoms with E-state index in [1.807, 2.05) is 24.0 Å². The van der Waals surface area contributed by atoms with E-state index in [1.54, 1.807) is 29.2 Å². The third kappa shape index (κ3) is 3.35. The molecule has 0 aliphatic carbocycles. The molecule has 28 heavy (non-hydrogen) atoms. The molecule has 0 atom stereocenters. The van der Waals surface area contributed by atoms with Crippen LogP contribution >= 0.6 is 0 Å². The first-order valence-corrected chi connectivity index (χ1v) is 9.26. The lowest BCUT2D eigenvalue weighted by molar-refractivity contribution is -0.132. The fourth-order valence-corrected chi connectivity index (χ4v) is 3.60.